The number of aryl methyl sites for hydroxylation is 2. The van der Waals surface area contributed by atoms with Gasteiger partial charge in [0.15, 0.2) is 5.96 Å². The number of rotatable bonds is 8. The van der Waals surface area contributed by atoms with Crippen molar-refractivity contribution in [3.8, 4) is 12.8 Å². The zero-order valence-corrected chi connectivity index (χ0v) is 21.9. The Labute approximate surface area is 221 Å². The van der Waals surface area contributed by atoms with Crippen LogP contribution in [0.5, 0.6) is 0 Å². The van der Waals surface area contributed by atoms with Gasteiger partial charge in [0.2, 0.25) is 0 Å². The molecule has 38 heavy (non-hydrogen) atoms. The summed E-state index contributed by atoms with van der Waals surface area (Å²) in [5.41, 5.74) is 11.5. The second-order valence-corrected chi connectivity index (χ2v) is 9.61. The summed E-state index contributed by atoms with van der Waals surface area (Å²) >= 11 is 0. The molecule has 0 aromatic heterocycles. The van der Waals surface area contributed by atoms with E-state index in [1.54, 1.807) is 42.2 Å². The van der Waals surface area contributed by atoms with Gasteiger partial charge in [-0.3, -0.25) is 5.41 Å². The van der Waals surface area contributed by atoms with E-state index in [1.165, 1.54) is 19.9 Å². The molecule has 1 fully saturated rings. The molecule has 2 aromatic carbocycles. The summed E-state index contributed by atoms with van der Waals surface area (Å²) in [5, 5.41) is 11.6. The van der Waals surface area contributed by atoms with Crippen LogP contribution in [0.3, 0.4) is 0 Å². The number of nitrogens with zero attached hydrogens (tertiary/aromatic N) is 2. The van der Waals surface area contributed by atoms with Gasteiger partial charge in [-0.1, -0.05) is 41.6 Å². The minimum Gasteiger partial charge on any atom is -0.393 e. The first kappa shape index (κ1) is 30.6. The monoisotopic (exact) mass is 533 g/mol. The number of likely N-dealkylation sites (tertiary alicyclic amines) is 1. The molecule has 1 aliphatic rings. The minimum atomic E-state index is -4.53. The standard InChI is InChI=1S/C26H33F4N5O.C2H2/c1-16(34-36-15-23-22(31)12-13-35(23)24(32)33)19-9-8-18(21(14-19)26(28,29)30)7-4-17-5-10-20(11-6-17)25(2,3)27;1-2/h5-6,8-11,14,22-23H,4,7,12-13,15,31H2,1-3H3,(H3,32,33);1-2H/b34-16+;. The molecule has 0 saturated carbocycles. The van der Waals surface area contributed by atoms with Gasteiger partial charge < -0.3 is 21.2 Å². The maximum atomic E-state index is 14.0. The predicted molar refractivity (Wildman–Crippen MR) is 142 cm³/mol. The lowest BCUT2D eigenvalue weighted by molar-refractivity contribution is -0.138. The highest BCUT2D eigenvalue weighted by Gasteiger charge is 2.34. The van der Waals surface area contributed by atoms with Gasteiger partial charge in [-0.25, -0.2) is 4.39 Å². The maximum absolute atomic E-state index is 14.0. The van der Waals surface area contributed by atoms with Crippen LogP contribution in [0.1, 0.15) is 55.0 Å². The number of halogens is 4. The Morgan fingerprint density at radius 1 is 1.11 bits per heavy atom. The van der Waals surface area contributed by atoms with Crippen molar-refractivity contribution >= 4 is 11.7 Å². The molecule has 10 heteroatoms. The first-order valence-corrected chi connectivity index (χ1v) is 12.1. The van der Waals surface area contributed by atoms with E-state index in [4.69, 9.17) is 21.7 Å². The quantitative estimate of drug-likeness (QED) is 0.146. The third-order valence-electron chi connectivity index (χ3n) is 6.51. The number of benzene rings is 2. The molecule has 206 valence electrons. The van der Waals surface area contributed by atoms with E-state index < -0.39 is 17.4 Å². The van der Waals surface area contributed by atoms with Gasteiger partial charge >= 0.3 is 6.18 Å². The zero-order chi connectivity index (χ0) is 28.7. The van der Waals surface area contributed by atoms with Gasteiger partial charge in [-0.05, 0) is 68.4 Å². The lowest BCUT2D eigenvalue weighted by Crippen LogP contribution is -2.47. The lowest BCUT2D eigenvalue weighted by atomic mass is 9.94. The highest BCUT2D eigenvalue weighted by Crippen LogP contribution is 2.34. The molecule has 1 heterocycles. The summed E-state index contributed by atoms with van der Waals surface area (Å²) in [4.78, 5) is 7.01. The minimum absolute atomic E-state index is 0.0701. The van der Waals surface area contributed by atoms with Crippen LogP contribution in [0.2, 0.25) is 0 Å². The van der Waals surface area contributed by atoms with Crippen molar-refractivity contribution in [2.75, 3.05) is 13.2 Å². The molecule has 0 amide bonds. The molecule has 1 saturated heterocycles. The number of hydrogen-bond donors (Lipinski definition) is 3. The number of alkyl halides is 4. The van der Waals surface area contributed by atoms with Crippen LogP contribution in [-0.4, -0.2) is 41.8 Å². The Balaban J connectivity index is 0.00000247. The molecule has 2 unspecified atom stereocenters. The fraction of sp³-hybridized carbons (Fsp3) is 0.429. The SMILES string of the molecule is C#C.C/C(=N\OCC1C(N)CCN1C(=N)N)c1ccc(CCc2ccc(C(C)(C)F)cc2)c(C(F)(F)F)c1. The fourth-order valence-electron chi connectivity index (χ4n) is 4.28. The Morgan fingerprint density at radius 2 is 1.74 bits per heavy atom. The molecule has 6 nitrogen and oxygen atoms in total. The van der Waals surface area contributed by atoms with Crippen LogP contribution >= 0.6 is 0 Å². The second-order valence-electron chi connectivity index (χ2n) is 9.61. The fourth-order valence-corrected chi connectivity index (χ4v) is 4.28. The third kappa shape index (κ3) is 7.96. The molecule has 0 aliphatic carbocycles. The van der Waals surface area contributed by atoms with Crippen molar-refractivity contribution in [2.24, 2.45) is 16.6 Å². The average molecular weight is 534 g/mol. The number of nitrogens with two attached hydrogens (primary N) is 2. The van der Waals surface area contributed by atoms with E-state index in [0.29, 0.717) is 30.5 Å². The predicted octanol–water partition coefficient (Wildman–Crippen LogP) is 4.98. The largest absolute Gasteiger partial charge is 0.416 e. The molecule has 1 aliphatic heterocycles. The number of oxime groups is 1. The highest BCUT2D eigenvalue weighted by molar-refractivity contribution is 5.98. The summed E-state index contributed by atoms with van der Waals surface area (Å²) in [5.74, 6) is -0.107. The van der Waals surface area contributed by atoms with Gasteiger partial charge in [0, 0.05) is 12.6 Å². The molecule has 5 N–H and O–H groups in total. The van der Waals surface area contributed by atoms with E-state index in [-0.39, 0.29) is 42.3 Å². The summed E-state index contributed by atoms with van der Waals surface area (Å²) in [7, 11) is 0. The van der Waals surface area contributed by atoms with Crippen LogP contribution in [0, 0.1) is 18.3 Å². The molecule has 0 spiro atoms. The summed E-state index contributed by atoms with van der Waals surface area (Å²) in [6, 6.07) is 10.4. The van der Waals surface area contributed by atoms with Gasteiger partial charge in [0.1, 0.15) is 12.3 Å². The van der Waals surface area contributed by atoms with Crippen LogP contribution in [0.4, 0.5) is 17.6 Å². The topological polar surface area (TPSA) is 101 Å². The Morgan fingerprint density at radius 3 is 2.29 bits per heavy atom. The normalized spacial score (nSPS) is 18.1. The van der Waals surface area contributed by atoms with E-state index >= 15 is 0 Å². The van der Waals surface area contributed by atoms with Crippen molar-refractivity contribution in [3.05, 3.63) is 70.3 Å². The van der Waals surface area contributed by atoms with E-state index in [1.807, 2.05) is 0 Å². The van der Waals surface area contributed by atoms with Crippen molar-refractivity contribution in [1.29, 1.82) is 5.41 Å². The average Bonchev–Trinajstić information content (AvgIpc) is 3.23. The molecule has 2 aromatic rings. The van der Waals surface area contributed by atoms with Crippen molar-refractivity contribution < 1.29 is 22.4 Å². The first-order valence-electron chi connectivity index (χ1n) is 12.1. The van der Waals surface area contributed by atoms with Crippen LogP contribution < -0.4 is 11.5 Å². The Kier molecular flexibility index (Phi) is 10.3. The van der Waals surface area contributed by atoms with Gasteiger partial charge in [-0.15, -0.1) is 12.8 Å². The van der Waals surface area contributed by atoms with Crippen molar-refractivity contribution in [2.45, 2.75) is 64.0 Å². The molecule has 2 atom stereocenters. The van der Waals surface area contributed by atoms with Gasteiger partial charge in [0.25, 0.3) is 0 Å². The molecule has 3 rings (SSSR count). The third-order valence-corrected chi connectivity index (χ3v) is 6.51. The summed E-state index contributed by atoms with van der Waals surface area (Å²) in [6.07, 6.45) is 4.69. The summed E-state index contributed by atoms with van der Waals surface area (Å²) < 4.78 is 55.6. The lowest BCUT2D eigenvalue weighted by Gasteiger charge is -2.25. The zero-order valence-electron chi connectivity index (χ0n) is 21.9. The van der Waals surface area contributed by atoms with E-state index in [0.717, 1.165) is 11.6 Å². The Bertz CT molecular complexity index is 1140. The van der Waals surface area contributed by atoms with Crippen LogP contribution in [0.25, 0.3) is 0 Å². The Hall–Kier alpha value is -3.58. The van der Waals surface area contributed by atoms with Crippen molar-refractivity contribution in [3.63, 3.8) is 0 Å². The van der Waals surface area contributed by atoms with Gasteiger partial charge in [-0.2, -0.15) is 13.2 Å². The maximum Gasteiger partial charge on any atom is 0.416 e. The second kappa shape index (κ2) is 12.8. The van der Waals surface area contributed by atoms with E-state index in [2.05, 4.69) is 18.0 Å². The number of nitrogens with one attached hydrogen (secondary N) is 1. The molecular weight excluding hydrogens is 498 g/mol. The molecular formula is C28H35F4N5O. The van der Waals surface area contributed by atoms with Crippen molar-refractivity contribution in [1.82, 2.24) is 4.90 Å². The first-order chi connectivity index (χ1) is 17.8. The smallest absolute Gasteiger partial charge is 0.393 e. The molecule has 0 bridgehead atoms. The van der Waals surface area contributed by atoms with Crippen LogP contribution in [-0.2, 0) is 29.5 Å². The summed E-state index contributed by atoms with van der Waals surface area (Å²) in [6.45, 7) is 5.10. The van der Waals surface area contributed by atoms with Crippen LogP contribution in [0.15, 0.2) is 47.6 Å². The van der Waals surface area contributed by atoms with E-state index in [9.17, 15) is 17.6 Å². The number of terminal acetylenes is 1. The highest BCUT2D eigenvalue weighted by atomic mass is 19.4. The number of guanidine groups is 1. The van der Waals surface area contributed by atoms with Gasteiger partial charge in [0.05, 0.1) is 17.3 Å². The molecule has 0 radical (unpaired) electrons. The number of hydrogen-bond acceptors (Lipinski definition) is 4.